The van der Waals surface area contributed by atoms with Crippen molar-refractivity contribution in [3.05, 3.63) is 78.9 Å². The molecule has 3 rings (SSSR count). The summed E-state index contributed by atoms with van der Waals surface area (Å²) in [6.07, 6.45) is 0.912. The minimum absolute atomic E-state index is 0.00522. The Hall–Kier alpha value is -2.84. The Bertz CT molecular complexity index is 1140. The standard InChI is InChI=1S/C19H16O6S2/c1-26(20,21)25-16-11-13-17(14-12-16)27(22,23)19-10-6-5-9-18(19)24-15-7-3-2-4-8-15/h2-14H,1H3. The molecule has 0 aliphatic rings. The maximum Gasteiger partial charge on any atom is 0.306 e. The summed E-state index contributed by atoms with van der Waals surface area (Å²) in [6.45, 7) is 0. The second-order valence-electron chi connectivity index (χ2n) is 5.62. The third-order valence-electron chi connectivity index (χ3n) is 3.49. The van der Waals surface area contributed by atoms with Gasteiger partial charge in [0.2, 0.25) is 9.84 Å². The zero-order valence-corrected chi connectivity index (χ0v) is 15.9. The van der Waals surface area contributed by atoms with Crippen molar-refractivity contribution in [3.63, 3.8) is 0 Å². The molecular formula is C19H16O6S2. The molecule has 27 heavy (non-hydrogen) atoms. The van der Waals surface area contributed by atoms with E-state index in [0.717, 1.165) is 6.26 Å². The lowest BCUT2D eigenvalue weighted by Gasteiger charge is -2.12. The van der Waals surface area contributed by atoms with Gasteiger partial charge in [-0.3, -0.25) is 0 Å². The second kappa shape index (κ2) is 7.42. The molecule has 3 aromatic rings. The van der Waals surface area contributed by atoms with Crippen molar-refractivity contribution in [1.82, 2.24) is 0 Å². The Labute approximate surface area is 158 Å². The predicted octanol–water partition coefficient (Wildman–Crippen LogP) is 3.65. The van der Waals surface area contributed by atoms with Crippen LogP contribution in [0, 0.1) is 0 Å². The summed E-state index contributed by atoms with van der Waals surface area (Å²) in [4.78, 5) is -0.00176. The summed E-state index contributed by atoms with van der Waals surface area (Å²) in [5.41, 5.74) is 0. The Morgan fingerprint density at radius 1 is 0.667 bits per heavy atom. The van der Waals surface area contributed by atoms with E-state index < -0.39 is 20.0 Å². The monoisotopic (exact) mass is 404 g/mol. The van der Waals surface area contributed by atoms with Crippen molar-refractivity contribution in [1.29, 1.82) is 0 Å². The van der Waals surface area contributed by atoms with E-state index in [2.05, 4.69) is 0 Å². The number of hydrogen-bond donors (Lipinski definition) is 0. The van der Waals surface area contributed by atoms with E-state index in [1.165, 1.54) is 30.3 Å². The van der Waals surface area contributed by atoms with Gasteiger partial charge < -0.3 is 8.92 Å². The Morgan fingerprint density at radius 3 is 1.89 bits per heavy atom. The molecule has 0 saturated heterocycles. The molecule has 0 aromatic heterocycles. The van der Waals surface area contributed by atoms with Crippen LogP contribution < -0.4 is 8.92 Å². The molecule has 0 atom stereocenters. The van der Waals surface area contributed by atoms with Gasteiger partial charge in [0.25, 0.3) is 0 Å². The van der Waals surface area contributed by atoms with Crippen molar-refractivity contribution in [2.45, 2.75) is 9.79 Å². The lowest BCUT2D eigenvalue weighted by molar-refractivity contribution is 0.467. The maximum absolute atomic E-state index is 13.0. The van der Waals surface area contributed by atoms with E-state index in [1.807, 2.05) is 6.07 Å². The third kappa shape index (κ3) is 4.66. The quantitative estimate of drug-likeness (QED) is 0.583. The summed E-state index contributed by atoms with van der Waals surface area (Å²) in [7, 11) is -7.57. The number of para-hydroxylation sites is 2. The molecule has 0 N–H and O–H groups in total. The first-order chi connectivity index (χ1) is 12.8. The number of hydrogen-bond acceptors (Lipinski definition) is 6. The normalized spacial score (nSPS) is 11.7. The van der Waals surface area contributed by atoms with E-state index in [9.17, 15) is 16.8 Å². The molecule has 3 aromatic carbocycles. The lowest BCUT2D eigenvalue weighted by atomic mass is 10.3. The van der Waals surface area contributed by atoms with Crippen LogP contribution >= 0.6 is 0 Å². The van der Waals surface area contributed by atoms with Gasteiger partial charge in [0.1, 0.15) is 22.1 Å². The first-order valence-electron chi connectivity index (χ1n) is 7.82. The van der Waals surface area contributed by atoms with Gasteiger partial charge in [-0.1, -0.05) is 30.3 Å². The number of rotatable bonds is 6. The van der Waals surface area contributed by atoms with Gasteiger partial charge in [0.15, 0.2) is 0 Å². The van der Waals surface area contributed by atoms with Crippen LogP contribution in [0.25, 0.3) is 0 Å². The average Bonchev–Trinajstić information content (AvgIpc) is 2.62. The maximum atomic E-state index is 13.0. The van der Waals surface area contributed by atoms with E-state index >= 15 is 0 Å². The Balaban J connectivity index is 1.96. The summed E-state index contributed by atoms with van der Waals surface area (Å²) < 4.78 is 58.8. The molecule has 140 valence electrons. The summed E-state index contributed by atoms with van der Waals surface area (Å²) in [5, 5.41) is 0. The average molecular weight is 404 g/mol. The van der Waals surface area contributed by atoms with Crippen molar-refractivity contribution in [2.75, 3.05) is 6.26 Å². The molecule has 8 heteroatoms. The molecule has 0 aliphatic carbocycles. The fourth-order valence-corrected chi connectivity index (χ4v) is 4.19. The van der Waals surface area contributed by atoms with E-state index in [4.69, 9.17) is 8.92 Å². The topological polar surface area (TPSA) is 86.7 Å². The molecule has 0 bridgehead atoms. The van der Waals surface area contributed by atoms with Gasteiger partial charge in [-0.25, -0.2) is 8.42 Å². The molecule has 0 unspecified atom stereocenters. The zero-order valence-electron chi connectivity index (χ0n) is 14.3. The minimum Gasteiger partial charge on any atom is -0.456 e. The van der Waals surface area contributed by atoms with E-state index in [0.29, 0.717) is 5.75 Å². The first kappa shape index (κ1) is 18.9. The SMILES string of the molecule is CS(=O)(=O)Oc1ccc(S(=O)(=O)c2ccccc2Oc2ccccc2)cc1. The molecular weight excluding hydrogens is 388 g/mol. The van der Waals surface area contributed by atoms with Gasteiger partial charge in [0.05, 0.1) is 11.2 Å². The van der Waals surface area contributed by atoms with Crippen LogP contribution in [0.3, 0.4) is 0 Å². The van der Waals surface area contributed by atoms with Crippen LogP contribution in [0.1, 0.15) is 0 Å². The van der Waals surface area contributed by atoms with Crippen LogP contribution in [-0.4, -0.2) is 23.1 Å². The highest BCUT2D eigenvalue weighted by molar-refractivity contribution is 7.91. The Kier molecular flexibility index (Phi) is 5.20. The lowest BCUT2D eigenvalue weighted by Crippen LogP contribution is -2.07. The Morgan fingerprint density at radius 2 is 1.26 bits per heavy atom. The molecule has 6 nitrogen and oxygen atoms in total. The van der Waals surface area contributed by atoms with Crippen LogP contribution in [0.4, 0.5) is 0 Å². The summed E-state index contributed by atoms with van der Waals surface area (Å²) >= 11 is 0. The van der Waals surface area contributed by atoms with Gasteiger partial charge in [-0.05, 0) is 48.5 Å². The molecule has 0 saturated carbocycles. The smallest absolute Gasteiger partial charge is 0.306 e. The molecule has 0 aliphatic heterocycles. The third-order valence-corrected chi connectivity index (χ3v) is 5.80. The highest BCUT2D eigenvalue weighted by Crippen LogP contribution is 2.33. The highest BCUT2D eigenvalue weighted by Gasteiger charge is 2.22. The van der Waals surface area contributed by atoms with Gasteiger partial charge >= 0.3 is 10.1 Å². The van der Waals surface area contributed by atoms with Crippen molar-refractivity contribution in [2.24, 2.45) is 0 Å². The largest absolute Gasteiger partial charge is 0.456 e. The molecule has 0 radical (unpaired) electrons. The first-order valence-corrected chi connectivity index (χ1v) is 11.1. The molecule has 0 spiro atoms. The summed E-state index contributed by atoms with van der Waals surface area (Å²) in [6, 6.07) is 20.3. The number of benzene rings is 3. The van der Waals surface area contributed by atoms with Crippen LogP contribution in [0.2, 0.25) is 0 Å². The predicted molar refractivity (Wildman–Crippen MR) is 100 cm³/mol. The fraction of sp³-hybridized carbons (Fsp3) is 0.0526. The fourth-order valence-electron chi connectivity index (χ4n) is 2.35. The van der Waals surface area contributed by atoms with Gasteiger partial charge in [-0.2, -0.15) is 8.42 Å². The van der Waals surface area contributed by atoms with Crippen LogP contribution in [-0.2, 0) is 20.0 Å². The second-order valence-corrected chi connectivity index (χ2v) is 9.12. The van der Waals surface area contributed by atoms with Crippen molar-refractivity contribution in [3.8, 4) is 17.2 Å². The zero-order chi connectivity index (χ0) is 19.5. The van der Waals surface area contributed by atoms with E-state index in [1.54, 1.807) is 42.5 Å². The molecule has 0 heterocycles. The number of ether oxygens (including phenoxy) is 1. The van der Waals surface area contributed by atoms with Crippen molar-refractivity contribution >= 4 is 20.0 Å². The van der Waals surface area contributed by atoms with Gasteiger partial charge in [0, 0.05) is 0 Å². The number of sulfone groups is 1. The van der Waals surface area contributed by atoms with Crippen molar-refractivity contribution < 1.29 is 25.8 Å². The molecule has 0 fully saturated rings. The van der Waals surface area contributed by atoms with Crippen LogP contribution in [0.15, 0.2) is 88.7 Å². The van der Waals surface area contributed by atoms with Gasteiger partial charge in [-0.15, -0.1) is 0 Å². The molecule has 0 amide bonds. The minimum atomic E-state index is -3.88. The van der Waals surface area contributed by atoms with Crippen LogP contribution in [0.5, 0.6) is 17.2 Å². The van der Waals surface area contributed by atoms with E-state index in [-0.39, 0.29) is 21.3 Å². The summed E-state index contributed by atoms with van der Waals surface area (Å²) in [5.74, 6) is 0.738. The highest BCUT2D eigenvalue weighted by atomic mass is 32.2.